The lowest BCUT2D eigenvalue weighted by atomic mass is 10.00. The molecular weight excluding hydrogens is 449 g/mol. The third-order valence-electron chi connectivity index (χ3n) is 4.49. The van der Waals surface area contributed by atoms with Crippen molar-refractivity contribution >= 4 is 55.7 Å². The van der Waals surface area contributed by atoms with E-state index in [2.05, 4.69) is 4.99 Å². The van der Waals surface area contributed by atoms with E-state index >= 15 is 0 Å². The quantitative estimate of drug-likeness (QED) is 0.543. The van der Waals surface area contributed by atoms with Crippen molar-refractivity contribution in [2.75, 3.05) is 5.75 Å². The largest absolute Gasteiger partial charge is 0.298 e. The van der Waals surface area contributed by atoms with Crippen LogP contribution in [-0.2, 0) is 21.1 Å². The predicted molar refractivity (Wildman–Crippen MR) is 113 cm³/mol. The second-order valence-corrected chi connectivity index (χ2v) is 10.6. The lowest BCUT2D eigenvalue weighted by Crippen LogP contribution is -2.18. The van der Waals surface area contributed by atoms with E-state index in [1.807, 2.05) is 0 Å². The number of carbonyl (C=O) groups excluding carboxylic acids is 2. The number of nitrogens with zero attached hydrogens (tertiary/aromatic N) is 1. The van der Waals surface area contributed by atoms with E-state index < -0.39 is 27.2 Å². The van der Waals surface area contributed by atoms with Crippen LogP contribution in [0.3, 0.4) is 0 Å². The number of fused-ring (bicyclic) bond motifs is 1. The first-order valence-corrected chi connectivity index (χ1v) is 11.6. The van der Waals surface area contributed by atoms with Gasteiger partial charge in [0.05, 0.1) is 10.0 Å². The number of ketones is 2. The Balaban J connectivity index is 1.50. The maximum Gasteiger partial charge on any atom is 0.214 e. The summed E-state index contributed by atoms with van der Waals surface area (Å²) in [6, 6.07) is 13.5. The molecule has 2 heterocycles. The maximum atomic E-state index is 14.7. The highest BCUT2D eigenvalue weighted by Crippen LogP contribution is 2.30. The molecule has 0 bridgehead atoms. The van der Waals surface area contributed by atoms with Gasteiger partial charge in [0.2, 0.25) is 5.78 Å². The van der Waals surface area contributed by atoms with Crippen LogP contribution in [0.5, 0.6) is 0 Å². The average molecular weight is 462 g/mol. The molecule has 4 rings (SSSR count). The van der Waals surface area contributed by atoms with E-state index in [0.29, 0.717) is 21.2 Å². The van der Waals surface area contributed by atoms with Gasteiger partial charge in [0, 0.05) is 17.5 Å². The minimum atomic E-state index is -3.80. The zero-order chi connectivity index (χ0) is 21.5. The Kier molecular flexibility index (Phi) is 5.40. The van der Waals surface area contributed by atoms with Gasteiger partial charge < -0.3 is 0 Å². The fourth-order valence-corrected chi connectivity index (χ4v) is 5.94. The van der Waals surface area contributed by atoms with Gasteiger partial charge in [-0.2, -0.15) is 0 Å². The van der Waals surface area contributed by atoms with E-state index in [4.69, 9.17) is 11.6 Å². The van der Waals surface area contributed by atoms with Crippen LogP contribution in [0.15, 0.2) is 63.8 Å². The molecule has 0 saturated heterocycles. The van der Waals surface area contributed by atoms with E-state index in [1.54, 1.807) is 24.3 Å². The first-order chi connectivity index (χ1) is 14.2. The summed E-state index contributed by atoms with van der Waals surface area (Å²) in [6.45, 7) is 0. The highest BCUT2D eigenvalue weighted by Gasteiger charge is 2.27. The van der Waals surface area contributed by atoms with Crippen LogP contribution in [0, 0.1) is 5.82 Å². The molecule has 0 spiro atoms. The molecular formula is C21H13ClFNO4S2. The molecule has 5 nitrogen and oxygen atoms in total. The molecule has 152 valence electrons. The monoisotopic (exact) mass is 461 g/mol. The van der Waals surface area contributed by atoms with Crippen LogP contribution in [0.1, 0.15) is 21.5 Å². The summed E-state index contributed by atoms with van der Waals surface area (Å²) in [5, 5.41) is 0. The summed E-state index contributed by atoms with van der Waals surface area (Å²) in [6.07, 6.45) is -0.254. The van der Waals surface area contributed by atoms with Gasteiger partial charge in [0.15, 0.2) is 15.6 Å². The molecule has 0 radical (unpaired) electrons. The Labute approximate surface area is 180 Å². The Hall–Kier alpha value is -2.68. The molecule has 9 heteroatoms. The molecule has 1 aliphatic heterocycles. The molecule has 0 amide bonds. The number of Topliss-reactive ketones (excluding diaryl/α,β-unsaturated/α-hetero) is 2. The number of hydrogen-bond acceptors (Lipinski definition) is 6. The Morgan fingerprint density at radius 1 is 1.07 bits per heavy atom. The van der Waals surface area contributed by atoms with E-state index in [1.165, 1.54) is 24.3 Å². The lowest BCUT2D eigenvalue weighted by Gasteiger charge is -2.06. The summed E-state index contributed by atoms with van der Waals surface area (Å²) in [5.74, 6) is -2.34. The Morgan fingerprint density at radius 2 is 1.83 bits per heavy atom. The second kappa shape index (κ2) is 7.86. The number of hydrogen-bond donors (Lipinski definition) is 0. The van der Waals surface area contributed by atoms with Gasteiger partial charge in [0.1, 0.15) is 21.5 Å². The van der Waals surface area contributed by atoms with E-state index in [-0.39, 0.29) is 27.7 Å². The molecule has 0 aliphatic carbocycles. The van der Waals surface area contributed by atoms with Crippen molar-refractivity contribution in [1.82, 2.24) is 0 Å². The van der Waals surface area contributed by atoms with Crippen LogP contribution in [0.2, 0.25) is 4.34 Å². The molecule has 0 unspecified atom stereocenters. The van der Waals surface area contributed by atoms with Crippen molar-refractivity contribution in [2.45, 2.75) is 10.6 Å². The van der Waals surface area contributed by atoms with Gasteiger partial charge in [0.25, 0.3) is 0 Å². The topological polar surface area (TPSA) is 80.6 Å². The van der Waals surface area contributed by atoms with Crippen LogP contribution < -0.4 is 0 Å². The van der Waals surface area contributed by atoms with Crippen molar-refractivity contribution in [3.05, 3.63) is 81.4 Å². The number of para-hydroxylation sites is 1. The van der Waals surface area contributed by atoms with Gasteiger partial charge in [-0.3, -0.25) is 9.59 Å². The Morgan fingerprint density at radius 3 is 2.50 bits per heavy atom. The number of benzene rings is 2. The third-order valence-corrected chi connectivity index (χ3v) is 7.98. The molecule has 1 aliphatic rings. The number of carbonyl (C=O) groups is 2. The number of sulfone groups is 1. The SMILES string of the molecule is O=C(Cc1ccc(C2=Nc3ccccc3C2=O)c(F)c1)CS(=O)(=O)c1ccc(Cl)s1. The molecule has 3 aromatic rings. The average Bonchev–Trinajstić information content (AvgIpc) is 3.26. The summed E-state index contributed by atoms with van der Waals surface area (Å²) in [4.78, 5) is 28.9. The summed E-state index contributed by atoms with van der Waals surface area (Å²) < 4.78 is 39.6. The standard InChI is InChI=1S/C21H13ClFNO4S2/c22-18-7-8-19(29-18)30(27,28)11-13(25)9-12-5-6-14(16(23)10-12)20-21(26)15-3-1-2-4-17(15)24-20/h1-8,10H,9,11H2. The minimum absolute atomic E-state index is 0.00345. The fraction of sp³-hybridized carbons (Fsp3) is 0.0952. The van der Waals surface area contributed by atoms with Crippen LogP contribution in [0.4, 0.5) is 10.1 Å². The smallest absolute Gasteiger partial charge is 0.214 e. The molecule has 1 aromatic heterocycles. The molecule has 0 atom stereocenters. The molecule has 0 fully saturated rings. The van der Waals surface area contributed by atoms with E-state index in [9.17, 15) is 22.4 Å². The zero-order valence-electron chi connectivity index (χ0n) is 15.3. The number of rotatable bonds is 6. The normalized spacial score (nSPS) is 13.3. The van der Waals surface area contributed by atoms with Gasteiger partial charge in [-0.25, -0.2) is 17.8 Å². The molecule has 2 aromatic carbocycles. The fourth-order valence-electron chi connectivity index (χ4n) is 3.13. The van der Waals surface area contributed by atoms with Crippen molar-refractivity contribution in [3.63, 3.8) is 0 Å². The number of halogens is 2. The highest BCUT2D eigenvalue weighted by atomic mass is 35.5. The summed E-state index contributed by atoms with van der Waals surface area (Å²) >= 11 is 6.63. The van der Waals surface area contributed by atoms with Crippen LogP contribution >= 0.6 is 22.9 Å². The van der Waals surface area contributed by atoms with E-state index in [0.717, 1.165) is 17.4 Å². The molecule has 0 N–H and O–H groups in total. The molecule has 0 saturated carbocycles. The highest BCUT2D eigenvalue weighted by molar-refractivity contribution is 7.94. The minimum Gasteiger partial charge on any atom is -0.298 e. The predicted octanol–water partition coefficient (Wildman–Crippen LogP) is 4.44. The number of aliphatic imine (C=N–C) groups is 1. The van der Waals surface area contributed by atoms with Crippen LogP contribution in [-0.4, -0.2) is 31.4 Å². The second-order valence-electron chi connectivity index (χ2n) is 6.65. The third kappa shape index (κ3) is 3.98. The molecule has 30 heavy (non-hydrogen) atoms. The first-order valence-electron chi connectivity index (χ1n) is 8.75. The van der Waals surface area contributed by atoms with Gasteiger partial charge in [-0.05, 0) is 42.0 Å². The number of thiophene rings is 1. The first kappa shape index (κ1) is 20.6. The van der Waals surface area contributed by atoms with Crippen molar-refractivity contribution < 1.29 is 22.4 Å². The van der Waals surface area contributed by atoms with Crippen molar-refractivity contribution in [2.24, 2.45) is 4.99 Å². The summed E-state index contributed by atoms with van der Waals surface area (Å²) in [5.41, 5.74) is 1.24. The Bertz CT molecular complexity index is 1330. The summed E-state index contributed by atoms with van der Waals surface area (Å²) in [7, 11) is -3.80. The van der Waals surface area contributed by atoms with Crippen molar-refractivity contribution in [1.29, 1.82) is 0 Å². The lowest BCUT2D eigenvalue weighted by molar-refractivity contribution is -0.116. The van der Waals surface area contributed by atoms with Crippen molar-refractivity contribution in [3.8, 4) is 0 Å². The zero-order valence-corrected chi connectivity index (χ0v) is 17.7. The van der Waals surface area contributed by atoms with Gasteiger partial charge in [-0.1, -0.05) is 29.8 Å². The van der Waals surface area contributed by atoms with Crippen LogP contribution in [0.25, 0.3) is 0 Å². The van der Waals surface area contributed by atoms with Gasteiger partial charge >= 0.3 is 0 Å². The van der Waals surface area contributed by atoms with Gasteiger partial charge in [-0.15, -0.1) is 11.3 Å². The maximum absolute atomic E-state index is 14.7.